The molecule has 0 spiro atoms. The fourth-order valence-corrected chi connectivity index (χ4v) is 7.67. The molecule has 62 heavy (non-hydrogen) atoms. The summed E-state index contributed by atoms with van der Waals surface area (Å²) in [5.41, 5.74) is 5.45. The lowest BCUT2D eigenvalue weighted by Crippen LogP contribution is -2.19. The smallest absolute Gasteiger partial charge is 0.306 e. The van der Waals surface area contributed by atoms with Crippen molar-refractivity contribution in [3.8, 4) is 0 Å². The van der Waals surface area contributed by atoms with Crippen molar-refractivity contribution in [2.24, 2.45) is 5.73 Å². The average Bonchev–Trinajstić information content (AvgIpc) is 3.25. The molecule has 0 rings (SSSR count). The number of ether oxygens (including phenoxy) is 3. The zero-order chi connectivity index (χ0) is 45.1. The van der Waals surface area contributed by atoms with E-state index < -0.39 is 0 Å². The van der Waals surface area contributed by atoms with Crippen LogP contribution >= 0.6 is 0 Å². The summed E-state index contributed by atoms with van der Waals surface area (Å²) in [5, 5.41) is 0. The first-order valence-electron chi connectivity index (χ1n) is 26.8. The van der Waals surface area contributed by atoms with Crippen molar-refractivity contribution in [2.75, 3.05) is 13.2 Å². The van der Waals surface area contributed by atoms with Crippen LogP contribution < -0.4 is 5.73 Å². The van der Waals surface area contributed by atoms with Gasteiger partial charge in [-0.25, -0.2) is 0 Å². The number of esters is 3. The van der Waals surface area contributed by atoms with Crippen LogP contribution in [0.1, 0.15) is 299 Å². The van der Waals surface area contributed by atoms with Gasteiger partial charge in [-0.15, -0.1) is 0 Å². The molecule has 2 N–H and O–H groups in total. The van der Waals surface area contributed by atoms with Gasteiger partial charge in [0, 0.05) is 19.3 Å². The Morgan fingerprint density at radius 2 is 0.694 bits per heavy atom. The van der Waals surface area contributed by atoms with Gasteiger partial charge in [0.2, 0.25) is 0 Å². The first-order chi connectivity index (χ1) is 29.9. The monoisotopic (exact) mass is 880 g/mol. The quantitative estimate of drug-likeness (QED) is 0.0281. The minimum Gasteiger partial charge on any atom is -0.462 e. The molecule has 0 aliphatic rings. The van der Waals surface area contributed by atoms with E-state index in [2.05, 4.69) is 40.7 Å². The second-order valence-electron chi connectivity index (χ2n) is 17.9. The lowest BCUT2D eigenvalue weighted by molar-refractivity contribution is -0.151. The van der Waals surface area contributed by atoms with Gasteiger partial charge in [0.15, 0.2) is 0 Å². The molecule has 0 amide bonds. The van der Waals surface area contributed by atoms with Gasteiger partial charge in [-0.05, 0) is 90.0 Å². The SMILES string of the molecule is C.CCCCCC/C=C\COC(=O)CCCCCCCCCC(=O)OC(CCCCCCC)CCCCCCC.CCCCCCCC(CCCCCCC)OC(=O)CCCN. The molecule has 0 aromatic rings. The van der Waals surface area contributed by atoms with E-state index in [0.717, 1.165) is 77.0 Å². The zero-order valence-electron chi connectivity index (χ0n) is 41.5. The molecule has 0 aromatic carbocycles. The van der Waals surface area contributed by atoms with Gasteiger partial charge in [0.1, 0.15) is 18.8 Å². The van der Waals surface area contributed by atoms with Gasteiger partial charge in [-0.1, -0.05) is 208 Å². The summed E-state index contributed by atoms with van der Waals surface area (Å²) >= 11 is 0. The zero-order valence-corrected chi connectivity index (χ0v) is 41.5. The van der Waals surface area contributed by atoms with Gasteiger partial charge >= 0.3 is 17.9 Å². The molecule has 0 aromatic heterocycles. The number of rotatable bonds is 46. The van der Waals surface area contributed by atoms with Crippen LogP contribution in [0.15, 0.2) is 12.2 Å². The fraction of sp³-hybridized carbons (Fsp3) is 0.909. The van der Waals surface area contributed by atoms with Gasteiger partial charge in [-0.2, -0.15) is 0 Å². The van der Waals surface area contributed by atoms with Crippen molar-refractivity contribution in [1.29, 1.82) is 0 Å². The second kappa shape index (κ2) is 55.2. The topological polar surface area (TPSA) is 105 Å². The second-order valence-corrected chi connectivity index (χ2v) is 17.9. The molecule has 0 radical (unpaired) electrons. The highest BCUT2D eigenvalue weighted by molar-refractivity contribution is 5.70. The Bertz CT molecular complexity index is 911. The van der Waals surface area contributed by atoms with E-state index >= 15 is 0 Å². The molecule has 0 unspecified atom stereocenters. The standard InChI is InChI=1S/C35H66O4.C19H39NO2.CH4/c1-4-7-10-13-17-22-27-32-38-34(36)30-25-20-15-14-16-21-26-31-35(37)39-33(28-23-18-11-8-5-2)29-24-19-12-9-6-3;1-3-5-7-9-11-14-18(15-12-10-8-6-4-2)22-19(21)16-13-17-20;/h22,27,33H,4-21,23-26,28-32H2,1-3H3;18H,3-17,20H2,1-2H3;1H4/b27-22-;;. The third-order valence-corrected chi connectivity index (χ3v) is 11.7. The minimum atomic E-state index is -0.0793. The van der Waals surface area contributed by atoms with Crippen molar-refractivity contribution in [3.05, 3.63) is 12.2 Å². The van der Waals surface area contributed by atoms with Crippen LogP contribution in [0.5, 0.6) is 0 Å². The molecule has 0 aliphatic carbocycles. The molecule has 7 heteroatoms. The maximum atomic E-state index is 12.5. The third-order valence-electron chi connectivity index (χ3n) is 11.7. The first-order valence-corrected chi connectivity index (χ1v) is 26.8. The van der Waals surface area contributed by atoms with E-state index in [1.54, 1.807) is 0 Å². The van der Waals surface area contributed by atoms with E-state index in [1.165, 1.54) is 161 Å². The Kier molecular flexibility index (Phi) is 57.4. The summed E-state index contributed by atoms with van der Waals surface area (Å²) in [6, 6.07) is 0. The Labute approximate surface area is 387 Å². The highest BCUT2D eigenvalue weighted by atomic mass is 16.5. The maximum absolute atomic E-state index is 12.5. The van der Waals surface area contributed by atoms with E-state index in [-0.39, 0.29) is 37.5 Å². The largest absolute Gasteiger partial charge is 0.462 e. The molecule has 370 valence electrons. The minimum absolute atomic E-state index is 0. The number of hydrogen-bond acceptors (Lipinski definition) is 7. The highest BCUT2D eigenvalue weighted by Crippen LogP contribution is 2.19. The summed E-state index contributed by atoms with van der Waals surface area (Å²) in [6.45, 7) is 12.2. The average molecular weight is 880 g/mol. The molecule has 0 aliphatic heterocycles. The van der Waals surface area contributed by atoms with Gasteiger partial charge in [-0.3, -0.25) is 14.4 Å². The van der Waals surface area contributed by atoms with Crippen molar-refractivity contribution >= 4 is 17.9 Å². The van der Waals surface area contributed by atoms with Crippen LogP contribution in [-0.2, 0) is 28.6 Å². The van der Waals surface area contributed by atoms with Crippen molar-refractivity contribution in [3.63, 3.8) is 0 Å². The van der Waals surface area contributed by atoms with Crippen LogP contribution in [0, 0.1) is 0 Å². The lowest BCUT2D eigenvalue weighted by atomic mass is 10.0. The Balaban J connectivity index is -0.00000128. The lowest BCUT2D eigenvalue weighted by Gasteiger charge is -2.18. The van der Waals surface area contributed by atoms with Crippen molar-refractivity contribution in [1.82, 2.24) is 0 Å². The number of unbranched alkanes of at least 4 members (excludes halogenated alkanes) is 26. The summed E-state index contributed by atoms with van der Waals surface area (Å²) < 4.78 is 16.9. The van der Waals surface area contributed by atoms with E-state index in [0.29, 0.717) is 32.4 Å². The first kappa shape index (κ1) is 64.4. The fourth-order valence-electron chi connectivity index (χ4n) is 7.67. The molecule has 0 bridgehead atoms. The summed E-state index contributed by atoms with van der Waals surface area (Å²) in [6.07, 6.45) is 49.7. The van der Waals surface area contributed by atoms with Crippen molar-refractivity contribution in [2.45, 2.75) is 311 Å². The number of nitrogens with two attached hydrogens (primary N) is 1. The predicted octanol–water partition coefficient (Wildman–Crippen LogP) is 17.2. The summed E-state index contributed by atoms with van der Waals surface area (Å²) in [5.74, 6) is -0.131. The Morgan fingerprint density at radius 1 is 0.387 bits per heavy atom. The van der Waals surface area contributed by atoms with Gasteiger partial charge < -0.3 is 19.9 Å². The van der Waals surface area contributed by atoms with Gasteiger partial charge in [0.25, 0.3) is 0 Å². The molecule has 0 fully saturated rings. The molecule has 7 nitrogen and oxygen atoms in total. The molecule has 0 atom stereocenters. The predicted molar refractivity (Wildman–Crippen MR) is 269 cm³/mol. The maximum Gasteiger partial charge on any atom is 0.306 e. The van der Waals surface area contributed by atoms with Gasteiger partial charge in [0.05, 0.1) is 0 Å². The summed E-state index contributed by atoms with van der Waals surface area (Å²) in [7, 11) is 0. The Morgan fingerprint density at radius 3 is 1.06 bits per heavy atom. The Hall–Kier alpha value is -1.89. The van der Waals surface area contributed by atoms with E-state index in [4.69, 9.17) is 19.9 Å². The van der Waals surface area contributed by atoms with Crippen LogP contribution in [0.2, 0.25) is 0 Å². The third kappa shape index (κ3) is 52.5. The van der Waals surface area contributed by atoms with Crippen LogP contribution in [0.25, 0.3) is 0 Å². The molecule has 0 saturated carbocycles. The number of hydrogen-bond donors (Lipinski definition) is 1. The number of carbonyl (C=O) groups excluding carboxylic acids is 3. The van der Waals surface area contributed by atoms with Crippen LogP contribution in [0.4, 0.5) is 0 Å². The number of carbonyl (C=O) groups is 3. The summed E-state index contributed by atoms with van der Waals surface area (Å²) in [4.78, 5) is 36.1. The molecular formula is C55H109NO6. The van der Waals surface area contributed by atoms with Crippen LogP contribution in [0.3, 0.4) is 0 Å². The van der Waals surface area contributed by atoms with E-state index in [1.807, 2.05) is 6.08 Å². The van der Waals surface area contributed by atoms with Crippen LogP contribution in [-0.4, -0.2) is 43.3 Å². The normalized spacial score (nSPS) is 11.2. The number of allylic oxidation sites excluding steroid dienone is 1. The highest BCUT2D eigenvalue weighted by Gasteiger charge is 2.15. The molecule has 0 saturated heterocycles. The van der Waals surface area contributed by atoms with E-state index in [9.17, 15) is 14.4 Å². The molecule has 0 heterocycles. The molecular weight excluding hydrogens is 771 g/mol. The van der Waals surface area contributed by atoms with Crippen molar-refractivity contribution < 1.29 is 28.6 Å².